The number of anilines is 6. The van der Waals surface area contributed by atoms with Crippen molar-refractivity contribution in [3.05, 3.63) is 120 Å². The third-order valence-corrected chi connectivity index (χ3v) is 8.04. The second-order valence-corrected chi connectivity index (χ2v) is 11.9. The molecular weight excluding hydrogens is 544 g/mol. The van der Waals surface area contributed by atoms with Crippen LogP contribution >= 0.6 is 0 Å². The van der Waals surface area contributed by atoms with Crippen molar-refractivity contribution in [1.29, 1.82) is 10.5 Å². The SMILES string of the molecule is CC(C)(C)c1c(N2c3ccccc3Oc3ccccc32)c(C#N)cc(CCC#N)c1N1c2ccccc2Oc2ccccc21. The van der Waals surface area contributed by atoms with Crippen LogP contribution in [0.1, 0.15) is 43.9 Å². The summed E-state index contributed by atoms with van der Waals surface area (Å²) in [5, 5.41) is 20.5. The summed E-state index contributed by atoms with van der Waals surface area (Å²) in [4.78, 5) is 4.42. The normalized spacial score (nSPS) is 12.8. The second-order valence-electron chi connectivity index (χ2n) is 11.9. The topological polar surface area (TPSA) is 72.5 Å². The molecule has 0 spiro atoms. The molecular formula is C38H30N4O2. The van der Waals surface area contributed by atoms with Crippen molar-refractivity contribution >= 4 is 34.1 Å². The van der Waals surface area contributed by atoms with E-state index in [0.29, 0.717) is 29.9 Å². The number of ether oxygens (including phenoxy) is 2. The van der Waals surface area contributed by atoms with E-state index in [-0.39, 0.29) is 0 Å². The molecule has 6 heteroatoms. The Hall–Kier alpha value is -5.72. The van der Waals surface area contributed by atoms with Gasteiger partial charge in [0.1, 0.15) is 6.07 Å². The molecule has 5 aromatic carbocycles. The number of hydrogen-bond acceptors (Lipinski definition) is 6. The lowest BCUT2D eigenvalue weighted by Gasteiger charge is -2.42. The smallest absolute Gasteiger partial charge is 0.151 e. The molecule has 0 bridgehead atoms. The molecule has 0 atom stereocenters. The first-order chi connectivity index (χ1) is 21.4. The summed E-state index contributed by atoms with van der Waals surface area (Å²) >= 11 is 0. The largest absolute Gasteiger partial charge is 0.453 e. The first-order valence-corrected chi connectivity index (χ1v) is 14.7. The Morgan fingerprint density at radius 3 is 1.41 bits per heavy atom. The predicted octanol–water partition coefficient (Wildman–Crippen LogP) is 10.5. The number of benzene rings is 5. The number of hydrogen-bond donors (Lipinski definition) is 0. The van der Waals surface area contributed by atoms with Gasteiger partial charge in [-0.3, -0.25) is 0 Å². The zero-order valence-corrected chi connectivity index (χ0v) is 24.8. The van der Waals surface area contributed by atoms with Gasteiger partial charge in [0.15, 0.2) is 23.0 Å². The minimum Gasteiger partial charge on any atom is -0.453 e. The first kappa shape index (κ1) is 27.1. The molecule has 0 fully saturated rings. The third-order valence-electron chi connectivity index (χ3n) is 8.04. The van der Waals surface area contributed by atoms with Crippen molar-refractivity contribution in [2.24, 2.45) is 0 Å². The summed E-state index contributed by atoms with van der Waals surface area (Å²) < 4.78 is 12.7. The molecule has 0 saturated heterocycles. The number of nitrogens with zero attached hydrogens (tertiary/aromatic N) is 4. The number of aryl methyl sites for hydroxylation is 1. The van der Waals surface area contributed by atoms with Crippen LogP contribution in [0, 0.1) is 22.7 Å². The maximum atomic E-state index is 10.8. The Labute approximate surface area is 257 Å². The summed E-state index contributed by atoms with van der Waals surface area (Å²) in [6, 6.07) is 38.7. The average molecular weight is 575 g/mol. The Morgan fingerprint density at radius 2 is 1.02 bits per heavy atom. The van der Waals surface area contributed by atoms with E-state index in [9.17, 15) is 10.5 Å². The van der Waals surface area contributed by atoms with Crippen LogP contribution in [0.2, 0.25) is 0 Å². The highest BCUT2D eigenvalue weighted by atomic mass is 16.5. The van der Waals surface area contributed by atoms with Gasteiger partial charge in [-0.05, 0) is 72.0 Å². The van der Waals surface area contributed by atoms with Gasteiger partial charge in [-0.2, -0.15) is 10.5 Å². The number of fused-ring (bicyclic) bond motifs is 4. The molecule has 7 rings (SSSR count). The number of nitriles is 2. The molecule has 6 nitrogen and oxygen atoms in total. The molecule has 0 radical (unpaired) electrons. The predicted molar refractivity (Wildman–Crippen MR) is 173 cm³/mol. The lowest BCUT2D eigenvalue weighted by atomic mass is 9.79. The monoisotopic (exact) mass is 574 g/mol. The summed E-state index contributed by atoms with van der Waals surface area (Å²) in [6.45, 7) is 6.54. The zero-order chi connectivity index (χ0) is 30.4. The molecule has 0 N–H and O–H groups in total. The van der Waals surface area contributed by atoms with E-state index in [4.69, 9.17) is 9.47 Å². The quantitative estimate of drug-likeness (QED) is 0.208. The van der Waals surface area contributed by atoms with Crippen molar-refractivity contribution in [1.82, 2.24) is 0 Å². The van der Waals surface area contributed by atoms with Gasteiger partial charge in [0, 0.05) is 12.0 Å². The first-order valence-electron chi connectivity index (χ1n) is 14.7. The van der Waals surface area contributed by atoms with Gasteiger partial charge in [-0.1, -0.05) is 69.3 Å². The van der Waals surface area contributed by atoms with Crippen molar-refractivity contribution in [2.75, 3.05) is 9.80 Å². The molecule has 0 amide bonds. The lowest BCUT2D eigenvalue weighted by Crippen LogP contribution is -2.27. The molecule has 0 aliphatic carbocycles. The van der Waals surface area contributed by atoms with E-state index in [1.54, 1.807) is 0 Å². The Morgan fingerprint density at radius 1 is 0.614 bits per heavy atom. The standard InChI is InChI=1S/C38H30N4O2/c1-38(2,3)35-36(41-27-14-4-8-18-31(27)43-32-19-9-5-15-28(32)41)25(13-12-22-39)23-26(24-40)37(35)42-29-16-6-10-20-33(29)44-34-21-11-7-17-30(34)42/h4-11,14-21,23H,12-13H2,1-3H3. The third kappa shape index (κ3) is 4.32. The van der Waals surface area contributed by atoms with Gasteiger partial charge < -0.3 is 19.3 Å². The van der Waals surface area contributed by atoms with Crippen LogP contribution in [0.25, 0.3) is 0 Å². The van der Waals surface area contributed by atoms with Gasteiger partial charge in [0.2, 0.25) is 0 Å². The van der Waals surface area contributed by atoms with E-state index in [0.717, 1.165) is 56.8 Å². The van der Waals surface area contributed by atoms with Crippen LogP contribution in [0.3, 0.4) is 0 Å². The molecule has 44 heavy (non-hydrogen) atoms. The highest BCUT2D eigenvalue weighted by Gasteiger charge is 2.38. The van der Waals surface area contributed by atoms with E-state index in [1.165, 1.54) is 0 Å². The summed E-state index contributed by atoms with van der Waals surface area (Å²) in [6.07, 6.45) is 0.805. The second kappa shape index (κ2) is 10.5. The number of para-hydroxylation sites is 8. The van der Waals surface area contributed by atoms with Crippen LogP contribution in [0.4, 0.5) is 34.1 Å². The number of rotatable bonds is 4. The molecule has 0 saturated carbocycles. The fraction of sp³-hybridized carbons (Fsp3) is 0.158. The highest BCUT2D eigenvalue weighted by Crippen LogP contribution is 2.58. The molecule has 5 aromatic rings. The van der Waals surface area contributed by atoms with Gasteiger partial charge in [-0.15, -0.1) is 0 Å². The van der Waals surface area contributed by atoms with Crippen LogP contribution in [-0.4, -0.2) is 0 Å². The van der Waals surface area contributed by atoms with Gasteiger partial charge >= 0.3 is 0 Å². The van der Waals surface area contributed by atoms with Crippen molar-refractivity contribution in [3.63, 3.8) is 0 Å². The zero-order valence-electron chi connectivity index (χ0n) is 24.8. The fourth-order valence-electron chi connectivity index (χ4n) is 6.27. The van der Waals surface area contributed by atoms with E-state index in [2.05, 4.69) is 54.8 Å². The van der Waals surface area contributed by atoms with Gasteiger partial charge in [-0.25, -0.2) is 0 Å². The molecule has 2 aliphatic heterocycles. The Bertz CT molecular complexity index is 1920. The van der Waals surface area contributed by atoms with E-state index < -0.39 is 5.41 Å². The summed E-state index contributed by atoms with van der Waals surface area (Å²) in [7, 11) is 0. The maximum absolute atomic E-state index is 10.8. The fourth-order valence-corrected chi connectivity index (χ4v) is 6.27. The molecule has 0 unspecified atom stereocenters. The van der Waals surface area contributed by atoms with Gasteiger partial charge in [0.25, 0.3) is 0 Å². The Kier molecular flexibility index (Phi) is 6.49. The molecule has 0 aromatic heterocycles. The van der Waals surface area contributed by atoms with E-state index >= 15 is 0 Å². The maximum Gasteiger partial charge on any atom is 0.151 e. The van der Waals surface area contributed by atoms with Crippen LogP contribution in [0.15, 0.2) is 103 Å². The van der Waals surface area contributed by atoms with Gasteiger partial charge in [0.05, 0.1) is 45.8 Å². The summed E-state index contributed by atoms with van der Waals surface area (Å²) in [5.74, 6) is 2.91. The molecule has 2 aliphatic rings. The average Bonchev–Trinajstić information content (AvgIpc) is 3.04. The minimum absolute atomic E-state index is 0.317. The van der Waals surface area contributed by atoms with Crippen LogP contribution in [-0.2, 0) is 11.8 Å². The molecule has 2 heterocycles. The lowest BCUT2D eigenvalue weighted by molar-refractivity contribution is 0.476. The molecule has 214 valence electrons. The van der Waals surface area contributed by atoms with Crippen molar-refractivity contribution in [2.45, 2.75) is 39.0 Å². The van der Waals surface area contributed by atoms with E-state index in [1.807, 2.05) is 91.0 Å². The highest BCUT2D eigenvalue weighted by molar-refractivity contribution is 5.97. The van der Waals surface area contributed by atoms with Crippen LogP contribution < -0.4 is 19.3 Å². The van der Waals surface area contributed by atoms with Crippen molar-refractivity contribution < 1.29 is 9.47 Å². The summed E-state index contributed by atoms with van der Waals surface area (Å²) in [5.41, 5.74) is 7.25. The Balaban J connectivity index is 1.64. The van der Waals surface area contributed by atoms with Crippen molar-refractivity contribution in [3.8, 4) is 35.1 Å². The van der Waals surface area contributed by atoms with Crippen LogP contribution in [0.5, 0.6) is 23.0 Å². The minimum atomic E-state index is -0.441.